The molecule has 1 aliphatic rings. The van der Waals surface area contributed by atoms with Crippen molar-refractivity contribution >= 4 is 46.4 Å². The minimum Gasteiger partial charge on any atom is -0.478 e. The molecule has 0 unspecified atom stereocenters. The van der Waals surface area contributed by atoms with Crippen LogP contribution in [-0.2, 0) is 20.9 Å². The van der Waals surface area contributed by atoms with Crippen LogP contribution >= 0.6 is 0 Å². The maximum absolute atomic E-state index is 13.4. The number of benzene rings is 3. The summed E-state index contributed by atoms with van der Waals surface area (Å²) in [5.74, 6) is -1.42. The van der Waals surface area contributed by atoms with Gasteiger partial charge in [-0.05, 0) is 65.8 Å². The molecule has 0 radical (unpaired) electrons. The number of amides is 3. The maximum atomic E-state index is 13.4. The van der Waals surface area contributed by atoms with Crippen LogP contribution in [0.2, 0.25) is 0 Å². The van der Waals surface area contributed by atoms with Gasteiger partial charge in [0, 0.05) is 43.9 Å². The summed E-state index contributed by atoms with van der Waals surface area (Å²) in [4.78, 5) is 53.3. The average molecular weight is 621 g/mol. The van der Waals surface area contributed by atoms with Crippen molar-refractivity contribution in [3.05, 3.63) is 95.6 Å². The molecule has 9 nitrogen and oxygen atoms in total. The number of aromatic nitrogens is 1. The van der Waals surface area contributed by atoms with Crippen molar-refractivity contribution in [3.8, 4) is 11.3 Å². The van der Waals surface area contributed by atoms with Crippen LogP contribution in [0.4, 0.5) is 5.69 Å². The van der Waals surface area contributed by atoms with Crippen LogP contribution in [0, 0.1) is 0 Å². The Balaban J connectivity index is 1.43. The molecule has 5 rings (SSSR count). The van der Waals surface area contributed by atoms with Crippen molar-refractivity contribution in [3.63, 3.8) is 0 Å². The number of rotatable bonds is 10. The summed E-state index contributed by atoms with van der Waals surface area (Å²) in [6.07, 6.45) is 8.24. The minimum absolute atomic E-state index is 0.0429. The molecule has 1 aromatic heterocycles. The van der Waals surface area contributed by atoms with Gasteiger partial charge >= 0.3 is 5.97 Å². The Labute approximate surface area is 269 Å². The Morgan fingerprint density at radius 1 is 0.891 bits per heavy atom. The number of aliphatic carboxylic acids is 1. The molecular formula is C37H40N4O5. The molecule has 1 heterocycles. The molecule has 46 heavy (non-hydrogen) atoms. The smallest absolute Gasteiger partial charge is 0.328 e. The summed E-state index contributed by atoms with van der Waals surface area (Å²) in [6, 6.07) is 22.6. The number of nitrogens with one attached hydrogen (secondary N) is 1. The van der Waals surface area contributed by atoms with Gasteiger partial charge in [-0.15, -0.1) is 0 Å². The largest absolute Gasteiger partial charge is 0.478 e. The molecule has 2 N–H and O–H groups in total. The molecule has 1 saturated carbocycles. The summed E-state index contributed by atoms with van der Waals surface area (Å²) < 4.78 is 2.06. The van der Waals surface area contributed by atoms with Gasteiger partial charge in [0.25, 0.3) is 5.91 Å². The van der Waals surface area contributed by atoms with Crippen molar-refractivity contribution in [2.45, 2.75) is 44.6 Å². The van der Waals surface area contributed by atoms with Gasteiger partial charge in [-0.2, -0.15) is 0 Å². The summed E-state index contributed by atoms with van der Waals surface area (Å²) in [5, 5.41) is 12.6. The zero-order chi connectivity index (χ0) is 32.8. The van der Waals surface area contributed by atoms with Crippen molar-refractivity contribution in [2.75, 3.05) is 32.6 Å². The van der Waals surface area contributed by atoms with E-state index in [-0.39, 0.29) is 30.8 Å². The third kappa shape index (κ3) is 7.20. The number of carboxylic acids is 1. The molecule has 238 valence electrons. The number of hydrogen-bond acceptors (Lipinski definition) is 4. The molecule has 0 bridgehead atoms. The SMILES string of the molecule is CN(C)C(=O)Cn1c(-c2ccccc2)c(C2CCCCC2)c2ccc(C(=O)NCC(=O)N(C)c3ccc(C=CC(=O)O)cc3)cc21. The first-order valence-electron chi connectivity index (χ1n) is 15.6. The average Bonchev–Trinajstić information content (AvgIpc) is 3.39. The van der Waals surface area contributed by atoms with Crippen LogP contribution < -0.4 is 10.2 Å². The van der Waals surface area contributed by atoms with E-state index in [1.54, 1.807) is 56.4 Å². The molecule has 4 aromatic rings. The van der Waals surface area contributed by atoms with Crippen LogP contribution in [0.15, 0.2) is 78.9 Å². The van der Waals surface area contributed by atoms with E-state index in [4.69, 9.17) is 5.11 Å². The number of carbonyl (C=O) groups excluding carboxylic acids is 3. The first-order chi connectivity index (χ1) is 22.1. The fourth-order valence-corrected chi connectivity index (χ4v) is 6.17. The third-order valence-corrected chi connectivity index (χ3v) is 8.69. The predicted octanol–water partition coefficient (Wildman–Crippen LogP) is 5.93. The minimum atomic E-state index is -1.04. The van der Waals surface area contributed by atoms with Crippen molar-refractivity contribution in [2.24, 2.45) is 0 Å². The fraction of sp³-hybridized carbons (Fsp3) is 0.297. The quantitative estimate of drug-likeness (QED) is 0.213. The van der Waals surface area contributed by atoms with Crippen LogP contribution in [0.25, 0.3) is 28.2 Å². The lowest BCUT2D eigenvalue weighted by molar-refractivity contribution is -0.131. The van der Waals surface area contributed by atoms with E-state index >= 15 is 0 Å². The molecule has 0 saturated heterocycles. The second kappa shape index (κ2) is 14.3. The van der Waals surface area contributed by atoms with Crippen molar-refractivity contribution < 1.29 is 24.3 Å². The second-order valence-corrected chi connectivity index (χ2v) is 12.0. The molecule has 1 aliphatic carbocycles. The van der Waals surface area contributed by atoms with Crippen LogP contribution in [0.1, 0.15) is 59.5 Å². The number of carbonyl (C=O) groups is 4. The molecule has 3 amide bonds. The van der Waals surface area contributed by atoms with Crippen LogP contribution in [0.5, 0.6) is 0 Å². The monoisotopic (exact) mass is 620 g/mol. The lowest BCUT2D eigenvalue weighted by Crippen LogP contribution is -2.38. The summed E-state index contributed by atoms with van der Waals surface area (Å²) in [5.41, 5.74) is 5.83. The normalized spacial score (nSPS) is 13.5. The molecule has 0 aliphatic heterocycles. The summed E-state index contributed by atoms with van der Waals surface area (Å²) >= 11 is 0. The maximum Gasteiger partial charge on any atom is 0.328 e. The first-order valence-corrected chi connectivity index (χ1v) is 15.6. The zero-order valence-corrected chi connectivity index (χ0v) is 26.5. The Hall–Kier alpha value is -5.18. The number of fused-ring (bicyclic) bond motifs is 1. The highest BCUT2D eigenvalue weighted by atomic mass is 16.4. The number of likely N-dealkylation sites (N-methyl/N-ethyl adjacent to an activating group) is 2. The van der Waals surface area contributed by atoms with Gasteiger partial charge in [0.1, 0.15) is 6.54 Å². The van der Waals surface area contributed by atoms with E-state index in [0.717, 1.165) is 53.9 Å². The number of carboxylic acid groups (broad SMARTS) is 1. The Kier molecular flexibility index (Phi) is 10.0. The fourth-order valence-electron chi connectivity index (χ4n) is 6.17. The highest BCUT2D eigenvalue weighted by Gasteiger charge is 2.28. The number of hydrogen-bond donors (Lipinski definition) is 2. The molecule has 3 aromatic carbocycles. The first kappa shape index (κ1) is 32.2. The Morgan fingerprint density at radius 2 is 1.59 bits per heavy atom. The highest BCUT2D eigenvalue weighted by Crippen LogP contribution is 2.44. The summed E-state index contributed by atoms with van der Waals surface area (Å²) in [7, 11) is 5.11. The van der Waals surface area contributed by atoms with E-state index in [0.29, 0.717) is 22.7 Å². The Bertz CT molecular complexity index is 1770. The zero-order valence-electron chi connectivity index (χ0n) is 26.5. The topological polar surface area (TPSA) is 112 Å². The molecular weight excluding hydrogens is 580 g/mol. The van der Waals surface area contributed by atoms with Gasteiger partial charge in [-0.1, -0.05) is 67.8 Å². The standard InChI is InChI=1S/C37H40N4O5/c1-39(2)33(43)24-41-31-22-28(37(46)38-23-32(42)40(3)29-18-14-25(15-19-29)16-21-34(44)45)17-20-30(31)35(26-10-6-4-7-11-26)36(41)27-12-8-5-9-13-27/h5,8-9,12-22,26H,4,6-7,10-11,23-24H2,1-3H3,(H,38,46)(H,44,45). The van der Waals surface area contributed by atoms with E-state index in [1.165, 1.54) is 23.0 Å². The molecule has 1 fully saturated rings. The number of anilines is 1. The van der Waals surface area contributed by atoms with Gasteiger partial charge < -0.3 is 24.8 Å². The van der Waals surface area contributed by atoms with E-state index in [2.05, 4.69) is 22.0 Å². The predicted molar refractivity (Wildman–Crippen MR) is 181 cm³/mol. The van der Waals surface area contributed by atoms with Gasteiger partial charge in [-0.3, -0.25) is 14.4 Å². The van der Waals surface area contributed by atoms with Gasteiger partial charge in [0.15, 0.2) is 0 Å². The molecule has 0 spiro atoms. The summed E-state index contributed by atoms with van der Waals surface area (Å²) in [6.45, 7) is -0.0730. The van der Waals surface area contributed by atoms with Gasteiger partial charge in [0.05, 0.1) is 17.8 Å². The van der Waals surface area contributed by atoms with Crippen LogP contribution in [0.3, 0.4) is 0 Å². The number of nitrogens with zero attached hydrogens (tertiary/aromatic N) is 3. The molecule has 9 heteroatoms. The van der Waals surface area contributed by atoms with Crippen molar-refractivity contribution in [1.29, 1.82) is 0 Å². The van der Waals surface area contributed by atoms with E-state index in [1.807, 2.05) is 30.3 Å². The van der Waals surface area contributed by atoms with Crippen LogP contribution in [-0.4, -0.2) is 66.0 Å². The lowest BCUT2D eigenvalue weighted by atomic mass is 9.82. The van der Waals surface area contributed by atoms with E-state index in [9.17, 15) is 19.2 Å². The van der Waals surface area contributed by atoms with Gasteiger partial charge in [-0.25, -0.2) is 4.79 Å². The van der Waals surface area contributed by atoms with E-state index < -0.39 is 5.97 Å². The Morgan fingerprint density at radius 3 is 2.24 bits per heavy atom. The second-order valence-electron chi connectivity index (χ2n) is 12.0. The van der Waals surface area contributed by atoms with Crippen molar-refractivity contribution in [1.82, 2.24) is 14.8 Å². The third-order valence-electron chi connectivity index (χ3n) is 8.69. The molecule has 0 atom stereocenters. The van der Waals surface area contributed by atoms with Gasteiger partial charge in [0.2, 0.25) is 11.8 Å². The lowest BCUT2D eigenvalue weighted by Gasteiger charge is -2.24. The highest BCUT2D eigenvalue weighted by molar-refractivity contribution is 6.03.